The van der Waals surface area contributed by atoms with Crippen LogP contribution in [0.25, 0.3) is 0 Å². The lowest BCUT2D eigenvalue weighted by atomic mass is 9.90. The number of nitro benzene ring substituents is 1. The molecule has 160 valence electrons. The zero-order chi connectivity index (χ0) is 22.4. The molecular formula is C23H16ClN3O5. The van der Waals surface area contributed by atoms with E-state index < -0.39 is 34.8 Å². The van der Waals surface area contributed by atoms with Crippen LogP contribution in [0.4, 0.5) is 17.1 Å². The number of halogens is 1. The fourth-order valence-electron chi connectivity index (χ4n) is 4.24. The Kier molecular flexibility index (Phi) is 4.88. The molecule has 3 aromatic carbocycles. The molecule has 2 aliphatic rings. The topological polar surface area (TPSA) is 93.0 Å². The van der Waals surface area contributed by atoms with Gasteiger partial charge in [0.05, 0.1) is 22.3 Å². The third-order valence-electron chi connectivity index (χ3n) is 5.65. The monoisotopic (exact) mass is 449 g/mol. The summed E-state index contributed by atoms with van der Waals surface area (Å²) in [6.07, 6.45) is -1.05. The minimum atomic E-state index is -1.05. The number of anilines is 2. The summed E-state index contributed by atoms with van der Waals surface area (Å²) in [6.45, 7) is 0. The van der Waals surface area contributed by atoms with Crippen molar-refractivity contribution in [2.75, 3.05) is 9.96 Å². The normalized spacial score (nSPS) is 22.3. The summed E-state index contributed by atoms with van der Waals surface area (Å²) in [5.41, 5.74) is 1.25. The molecule has 2 aliphatic heterocycles. The lowest BCUT2D eigenvalue weighted by Gasteiger charge is -2.28. The van der Waals surface area contributed by atoms with Crippen LogP contribution >= 0.6 is 11.6 Å². The minimum absolute atomic E-state index is 0.0137. The molecule has 2 heterocycles. The molecule has 2 fully saturated rings. The maximum absolute atomic E-state index is 13.5. The van der Waals surface area contributed by atoms with Gasteiger partial charge in [0, 0.05) is 6.07 Å². The van der Waals surface area contributed by atoms with Gasteiger partial charge in [0.1, 0.15) is 10.9 Å². The molecule has 0 aromatic heterocycles. The number of nitro groups is 1. The average Bonchev–Trinajstić information content (AvgIpc) is 3.31. The van der Waals surface area contributed by atoms with Crippen LogP contribution in [0.1, 0.15) is 11.6 Å². The third kappa shape index (κ3) is 3.12. The summed E-state index contributed by atoms with van der Waals surface area (Å²) >= 11 is 6.00. The van der Waals surface area contributed by atoms with E-state index in [9.17, 15) is 19.7 Å². The Hall–Kier alpha value is -3.75. The summed E-state index contributed by atoms with van der Waals surface area (Å²) in [4.78, 5) is 44.7. The van der Waals surface area contributed by atoms with Crippen molar-refractivity contribution in [3.63, 3.8) is 0 Å². The van der Waals surface area contributed by atoms with E-state index in [0.717, 1.165) is 4.90 Å². The second-order valence-corrected chi connectivity index (χ2v) is 7.88. The summed E-state index contributed by atoms with van der Waals surface area (Å²) in [7, 11) is 0. The van der Waals surface area contributed by atoms with Crippen molar-refractivity contribution in [1.82, 2.24) is 0 Å². The van der Waals surface area contributed by atoms with Gasteiger partial charge in [0.2, 0.25) is 5.91 Å². The first kappa shape index (κ1) is 20.2. The van der Waals surface area contributed by atoms with Crippen LogP contribution in [0.2, 0.25) is 5.02 Å². The summed E-state index contributed by atoms with van der Waals surface area (Å²) in [5, 5.41) is 12.9. The van der Waals surface area contributed by atoms with Crippen molar-refractivity contribution < 1.29 is 19.3 Å². The maximum Gasteiger partial charge on any atom is 0.288 e. The van der Waals surface area contributed by atoms with Gasteiger partial charge in [0.15, 0.2) is 6.10 Å². The molecule has 9 heteroatoms. The van der Waals surface area contributed by atoms with E-state index in [-0.39, 0.29) is 10.7 Å². The Bertz CT molecular complexity index is 1220. The van der Waals surface area contributed by atoms with E-state index >= 15 is 0 Å². The number of fused-ring (bicyclic) bond motifs is 1. The van der Waals surface area contributed by atoms with Crippen molar-refractivity contribution in [3.05, 3.63) is 99.6 Å². The van der Waals surface area contributed by atoms with Crippen LogP contribution in [0.5, 0.6) is 0 Å². The minimum Gasteiger partial charge on any atom is -0.273 e. The largest absolute Gasteiger partial charge is 0.288 e. The van der Waals surface area contributed by atoms with Crippen LogP contribution in [0.15, 0.2) is 78.9 Å². The smallest absolute Gasteiger partial charge is 0.273 e. The Balaban J connectivity index is 1.63. The number of para-hydroxylation sites is 2. The molecule has 0 unspecified atom stereocenters. The first-order valence-corrected chi connectivity index (χ1v) is 10.2. The number of nitrogens with zero attached hydrogens (tertiary/aromatic N) is 3. The van der Waals surface area contributed by atoms with E-state index in [1.807, 2.05) is 6.07 Å². The molecule has 2 amide bonds. The SMILES string of the molecule is O=C1[C@@H]2[C@H](ON(c3ccccc3)[C@@H]2c2ccc(Cl)c([N+](=O)[O-])c2)C(=O)N1c1ccccc1. The number of carbonyl (C=O) groups excluding carboxylic acids is 2. The van der Waals surface area contributed by atoms with Crippen molar-refractivity contribution in [1.29, 1.82) is 0 Å². The molecule has 5 rings (SSSR count). The number of benzene rings is 3. The molecule has 3 atom stereocenters. The van der Waals surface area contributed by atoms with Gasteiger partial charge in [0.25, 0.3) is 11.6 Å². The molecule has 3 aromatic rings. The van der Waals surface area contributed by atoms with Gasteiger partial charge < -0.3 is 0 Å². The zero-order valence-electron chi connectivity index (χ0n) is 16.5. The lowest BCUT2D eigenvalue weighted by molar-refractivity contribution is -0.384. The summed E-state index contributed by atoms with van der Waals surface area (Å²) in [5.74, 6) is -1.78. The summed E-state index contributed by atoms with van der Waals surface area (Å²) in [6, 6.07) is 21.2. The van der Waals surface area contributed by atoms with Gasteiger partial charge in [-0.05, 0) is 35.9 Å². The molecule has 0 radical (unpaired) electrons. The van der Waals surface area contributed by atoms with Crippen molar-refractivity contribution in [2.45, 2.75) is 12.1 Å². The number of hydrogen-bond donors (Lipinski definition) is 0. The average molecular weight is 450 g/mol. The quantitative estimate of drug-likeness (QED) is 0.335. The molecule has 2 saturated heterocycles. The predicted octanol–water partition coefficient (Wildman–Crippen LogP) is 4.30. The van der Waals surface area contributed by atoms with Crippen molar-refractivity contribution in [3.8, 4) is 0 Å². The second kappa shape index (κ2) is 7.74. The standard InChI is InChI=1S/C23H16ClN3O5/c24-17-12-11-14(13-18(17)27(30)31)20-19-21(32-26(20)16-9-5-2-6-10-16)23(29)25(22(19)28)15-7-3-1-4-8-15/h1-13,19-21H/t19-,20+,21-/m0/s1. The third-order valence-corrected chi connectivity index (χ3v) is 5.97. The first-order valence-electron chi connectivity index (χ1n) is 9.85. The summed E-state index contributed by atoms with van der Waals surface area (Å²) < 4.78 is 0. The molecule has 0 N–H and O–H groups in total. The number of amides is 2. The molecular weight excluding hydrogens is 434 g/mol. The lowest BCUT2D eigenvalue weighted by Crippen LogP contribution is -2.37. The van der Waals surface area contributed by atoms with Crippen molar-refractivity contribution >= 4 is 40.5 Å². The highest BCUT2D eigenvalue weighted by molar-refractivity contribution is 6.32. The first-order chi connectivity index (χ1) is 15.5. The molecule has 0 aliphatic carbocycles. The van der Waals surface area contributed by atoms with E-state index in [4.69, 9.17) is 16.4 Å². The van der Waals surface area contributed by atoms with Gasteiger partial charge in [-0.1, -0.05) is 54.1 Å². The van der Waals surface area contributed by atoms with Crippen molar-refractivity contribution in [2.24, 2.45) is 5.92 Å². The Morgan fingerprint density at radius 1 is 0.875 bits per heavy atom. The Morgan fingerprint density at radius 2 is 1.50 bits per heavy atom. The van der Waals surface area contributed by atoms with Crippen LogP contribution < -0.4 is 9.96 Å². The van der Waals surface area contributed by atoms with Crippen LogP contribution in [0.3, 0.4) is 0 Å². The second-order valence-electron chi connectivity index (χ2n) is 7.47. The number of hydrogen-bond acceptors (Lipinski definition) is 6. The fraction of sp³-hybridized carbons (Fsp3) is 0.130. The van der Waals surface area contributed by atoms with Crippen LogP contribution in [-0.4, -0.2) is 22.8 Å². The van der Waals surface area contributed by atoms with E-state index in [1.165, 1.54) is 17.2 Å². The van der Waals surface area contributed by atoms with E-state index in [2.05, 4.69) is 0 Å². The molecule has 0 saturated carbocycles. The Morgan fingerprint density at radius 3 is 2.12 bits per heavy atom. The number of carbonyl (C=O) groups is 2. The van der Waals surface area contributed by atoms with Gasteiger partial charge >= 0.3 is 0 Å². The maximum atomic E-state index is 13.5. The highest BCUT2D eigenvalue weighted by atomic mass is 35.5. The predicted molar refractivity (Wildman–Crippen MR) is 117 cm³/mol. The number of rotatable bonds is 4. The van der Waals surface area contributed by atoms with Gasteiger partial charge in [-0.15, -0.1) is 0 Å². The molecule has 0 spiro atoms. The molecule has 0 bridgehead atoms. The fourth-order valence-corrected chi connectivity index (χ4v) is 4.42. The number of hydroxylamine groups is 1. The highest BCUT2D eigenvalue weighted by Gasteiger charge is 2.60. The van der Waals surface area contributed by atoms with Gasteiger partial charge in [-0.25, -0.2) is 9.96 Å². The van der Waals surface area contributed by atoms with E-state index in [1.54, 1.807) is 60.7 Å². The van der Waals surface area contributed by atoms with Crippen LogP contribution in [-0.2, 0) is 14.4 Å². The highest BCUT2D eigenvalue weighted by Crippen LogP contribution is 2.48. The molecule has 8 nitrogen and oxygen atoms in total. The number of imide groups is 1. The van der Waals surface area contributed by atoms with Gasteiger partial charge in [-0.2, -0.15) is 0 Å². The van der Waals surface area contributed by atoms with Crippen LogP contribution in [0, 0.1) is 16.0 Å². The van der Waals surface area contributed by atoms with Gasteiger partial charge in [-0.3, -0.25) is 24.5 Å². The zero-order valence-corrected chi connectivity index (χ0v) is 17.3. The Labute approximate surface area is 187 Å². The molecule has 32 heavy (non-hydrogen) atoms. The van der Waals surface area contributed by atoms with E-state index in [0.29, 0.717) is 16.9 Å².